The van der Waals surface area contributed by atoms with Gasteiger partial charge >= 0.3 is 0 Å². The van der Waals surface area contributed by atoms with Gasteiger partial charge in [0.1, 0.15) is 6.04 Å². The quantitative estimate of drug-likeness (QED) is 0.918. The van der Waals surface area contributed by atoms with Gasteiger partial charge in [0.05, 0.1) is 12.3 Å². The minimum absolute atomic E-state index is 0.208. The molecular weight excluding hydrogens is 248 g/mol. The van der Waals surface area contributed by atoms with Crippen LogP contribution in [0.1, 0.15) is 50.1 Å². The molecule has 1 atom stereocenters. The summed E-state index contributed by atoms with van der Waals surface area (Å²) >= 11 is 0. The minimum Gasteiger partial charge on any atom is -0.292 e. The van der Waals surface area contributed by atoms with E-state index < -0.39 is 0 Å². The summed E-state index contributed by atoms with van der Waals surface area (Å²) in [5, 5.41) is 17.5. The third kappa shape index (κ3) is 1.96. The van der Waals surface area contributed by atoms with E-state index in [0.29, 0.717) is 0 Å². The average molecular weight is 270 g/mol. The van der Waals surface area contributed by atoms with Gasteiger partial charge in [-0.3, -0.25) is 10.00 Å². The minimum atomic E-state index is -0.208. The molecule has 20 heavy (non-hydrogen) atoms. The van der Waals surface area contributed by atoms with Gasteiger partial charge in [-0.25, -0.2) is 0 Å². The zero-order valence-corrected chi connectivity index (χ0v) is 12.0. The van der Waals surface area contributed by atoms with E-state index in [9.17, 15) is 5.26 Å². The Morgan fingerprint density at radius 3 is 2.35 bits per heavy atom. The smallest absolute Gasteiger partial charge is 0.124 e. The first kappa shape index (κ1) is 12.4. The van der Waals surface area contributed by atoms with E-state index in [1.165, 1.54) is 38.5 Å². The second kappa shape index (κ2) is 4.33. The summed E-state index contributed by atoms with van der Waals surface area (Å²) in [5.74, 6) is 2.71. The summed E-state index contributed by atoms with van der Waals surface area (Å²) in [5.41, 5.74) is 1.23. The van der Waals surface area contributed by atoms with Crippen LogP contribution in [0.2, 0.25) is 0 Å². The van der Waals surface area contributed by atoms with Crippen LogP contribution in [0.3, 0.4) is 0 Å². The number of hydrogen-bond acceptors (Lipinski definition) is 3. The van der Waals surface area contributed by atoms with Crippen LogP contribution in [0.5, 0.6) is 0 Å². The Labute approximate surface area is 120 Å². The molecule has 4 fully saturated rings. The highest BCUT2D eigenvalue weighted by molar-refractivity contribution is 5.20. The lowest BCUT2D eigenvalue weighted by Crippen LogP contribution is -2.58. The van der Waals surface area contributed by atoms with Gasteiger partial charge in [0.15, 0.2) is 0 Å². The number of hydrogen-bond donors (Lipinski definition) is 1. The molecule has 4 bridgehead atoms. The maximum Gasteiger partial charge on any atom is 0.124 e. The number of aryl methyl sites for hydroxylation is 1. The number of rotatable bonds is 3. The Balaban J connectivity index is 1.57. The molecule has 4 saturated carbocycles. The third-order valence-electron chi connectivity index (χ3n) is 5.68. The van der Waals surface area contributed by atoms with Crippen LogP contribution < -0.4 is 5.32 Å². The fourth-order valence-corrected chi connectivity index (χ4v) is 5.37. The largest absolute Gasteiger partial charge is 0.292 e. The summed E-state index contributed by atoms with van der Waals surface area (Å²) in [6.45, 7) is 0. The van der Waals surface area contributed by atoms with Gasteiger partial charge < -0.3 is 0 Å². The lowest BCUT2D eigenvalue weighted by atomic mass is 9.53. The van der Waals surface area contributed by atoms with Crippen molar-refractivity contribution >= 4 is 0 Å². The zero-order valence-electron chi connectivity index (χ0n) is 12.0. The second-order valence-corrected chi connectivity index (χ2v) is 7.35. The van der Waals surface area contributed by atoms with Crippen molar-refractivity contribution in [2.24, 2.45) is 24.8 Å². The predicted molar refractivity (Wildman–Crippen MR) is 75.6 cm³/mol. The molecular formula is C16H22N4. The molecule has 0 saturated heterocycles. The molecule has 0 aliphatic heterocycles. The van der Waals surface area contributed by atoms with Crippen LogP contribution in [0.4, 0.5) is 0 Å². The van der Waals surface area contributed by atoms with Gasteiger partial charge in [0.2, 0.25) is 0 Å². The van der Waals surface area contributed by atoms with Crippen LogP contribution in [0, 0.1) is 29.1 Å². The van der Waals surface area contributed by atoms with Crippen LogP contribution >= 0.6 is 0 Å². The zero-order chi connectivity index (χ0) is 13.7. The van der Waals surface area contributed by atoms with Crippen molar-refractivity contribution in [3.8, 4) is 6.07 Å². The first-order valence-corrected chi connectivity index (χ1v) is 7.82. The highest BCUT2D eigenvalue weighted by Crippen LogP contribution is 2.56. The van der Waals surface area contributed by atoms with Gasteiger partial charge in [-0.05, 0) is 56.3 Å². The lowest BCUT2D eigenvalue weighted by molar-refractivity contribution is -0.0226. The van der Waals surface area contributed by atoms with Crippen LogP contribution in [0.25, 0.3) is 0 Å². The van der Waals surface area contributed by atoms with Crippen LogP contribution in [-0.2, 0) is 7.05 Å². The Hall–Kier alpha value is -1.34. The van der Waals surface area contributed by atoms with Crippen LogP contribution in [0.15, 0.2) is 12.4 Å². The molecule has 0 amide bonds. The molecule has 4 aliphatic rings. The fourth-order valence-electron chi connectivity index (χ4n) is 5.37. The molecule has 1 aromatic rings. The Bertz CT molecular complexity index is 518. The monoisotopic (exact) mass is 270 g/mol. The van der Waals surface area contributed by atoms with Gasteiger partial charge in [-0.2, -0.15) is 10.4 Å². The van der Waals surface area contributed by atoms with E-state index in [4.69, 9.17) is 0 Å². The number of aromatic nitrogens is 2. The van der Waals surface area contributed by atoms with E-state index in [-0.39, 0.29) is 11.6 Å². The normalized spacial score (nSPS) is 39.7. The molecule has 5 rings (SSSR count). The molecule has 0 spiro atoms. The fraction of sp³-hybridized carbons (Fsp3) is 0.750. The van der Waals surface area contributed by atoms with E-state index in [0.717, 1.165) is 23.3 Å². The van der Waals surface area contributed by atoms with Crippen molar-refractivity contribution in [1.29, 1.82) is 5.26 Å². The first-order chi connectivity index (χ1) is 9.66. The van der Waals surface area contributed by atoms with E-state index in [1.54, 1.807) is 4.68 Å². The predicted octanol–water partition coefficient (Wildman–Crippen LogP) is 2.54. The number of nitrogens with zero attached hydrogens (tertiary/aromatic N) is 3. The SMILES string of the molecule is Cn1cc(C(C#N)NC23CC4CC(CC(C4)C2)C3)cn1. The first-order valence-electron chi connectivity index (χ1n) is 7.82. The van der Waals surface area contributed by atoms with Gasteiger partial charge in [0.25, 0.3) is 0 Å². The number of nitriles is 1. The Kier molecular flexibility index (Phi) is 2.68. The Morgan fingerprint density at radius 2 is 1.90 bits per heavy atom. The molecule has 4 nitrogen and oxygen atoms in total. The maximum atomic E-state index is 9.54. The van der Waals surface area contributed by atoms with E-state index in [2.05, 4.69) is 16.5 Å². The third-order valence-corrected chi connectivity index (χ3v) is 5.68. The summed E-state index contributed by atoms with van der Waals surface area (Å²) in [7, 11) is 1.91. The highest BCUT2D eigenvalue weighted by atomic mass is 15.2. The summed E-state index contributed by atoms with van der Waals surface area (Å²) in [6.07, 6.45) is 11.9. The average Bonchev–Trinajstić information content (AvgIpc) is 2.81. The van der Waals surface area contributed by atoms with Crippen molar-refractivity contribution in [2.45, 2.75) is 50.1 Å². The van der Waals surface area contributed by atoms with Crippen LogP contribution in [-0.4, -0.2) is 15.3 Å². The van der Waals surface area contributed by atoms with Gasteiger partial charge in [-0.15, -0.1) is 0 Å². The topological polar surface area (TPSA) is 53.6 Å². The Morgan fingerprint density at radius 1 is 1.30 bits per heavy atom. The maximum absolute atomic E-state index is 9.54. The lowest BCUT2D eigenvalue weighted by Gasteiger charge is -2.57. The van der Waals surface area contributed by atoms with Crippen molar-refractivity contribution in [2.75, 3.05) is 0 Å². The summed E-state index contributed by atoms with van der Waals surface area (Å²) in [4.78, 5) is 0. The van der Waals surface area contributed by atoms with Gasteiger partial charge in [-0.1, -0.05) is 0 Å². The molecule has 1 unspecified atom stereocenters. The molecule has 4 aliphatic carbocycles. The molecule has 1 N–H and O–H groups in total. The van der Waals surface area contributed by atoms with Crippen molar-refractivity contribution in [3.63, 3.8) is 0 Å². The molecule has 1 aromatic heterocycles. The standard InChI is InChI=1S/C16H22N4/c1-20-10-14(9-18-20)15(8-17)19-16-5-11-2-12(6-16)4-13(3-11)7-16/h9-13,15,19H,2-7H2,1H3. The molecule has 0 aromatic carbocycles. The second-order valence-electron chi connectivity index (χ2n) is 7.35. The number of nitrogens with one attached hydrogen (secondary N) is 1. The van der Waals surface area contributed by atoms with E-state index >= 15 is 0 Å². The van der Waals surface area contributed by atoms with Crippen molar-refractivity contribution in [1.82, 2.24) is 15.1 Å². The highest BCUT2D eigenvalue weighted by Gasteiger charge is 2.51. The molecule has 1 heterocycles. The summed E-state index contributed by atoms with van der Waals surface area (Å²) in [6, 6.07) is 2.23. The molecule has 0 radical (unpaired) electrons. The molecule has 4 heteroatoms. The molecule has 106 valence electrons. The van der Waals surface area contributed by atoms with Crippen molar-refractivity contribution in [3.05, 3.63) is 18.0 Å². The summed E-state index contributed by atoms with van der Waals surface area (Å²) < 4.78 is 1.78. The van der Waals surface area contributed by atoms with Crippen molar-refractivity contribution < 1.29 is 0 Å². The van der Waals surface area contributed by atoms with E-state index in [1.807, 2.05) is 19.4 Å². The van der Waals surface area contributed by atoms with Gasteiger partial charge in [0, 0.05) is 24.3 Å².